The monoisotopic (exact) mass is 306 g/mol. The van der Waals surface area contributed by atoms with Gasteiger partial charge in [-0.1, -0.05) is 13.0 Å². The summed E-state index contributed by atoms with van der Waals surface area (Å²) >= 11 is 3.33. The van der Waals surface area contributed by atoms with Gasteiger partial charge in [-0.3, -0.25) is 0 Å². The molecule has 3 aromatic rings. The molecule has 20 heavy (non-hydrogen) atoms. The maximum Gasteiger partial charge on any atom is 0.124 e. The molecular formula is C15H15FN2S2. The van der Waals surface area contributed by atoms with Crippen LogP contribution in [0.3, 0.4) is 0 Å². The lowest BCUT2D eigenvalue weighted by atomic mass is 10.1. The second-order valence-corrected chi connectivity index (χ2v) is 6.67. The van der Waals surface area contributed by atoms with Gasteiger partial charge in [0.1, 0.15) is 5.82 Å². The molecule has 3 rings (SSSR count). The Bertz CT molecular complexity index is 691. The fourth-order valence-corrected chi connectivity index (χ4v) is 4.07. The molecule has 0 amide bonds. The smallest absolute Gasteiger partial charge is 0.124 e. The predicted molar refractivity (Wildman–Crippen MR) is 84.0 cm³/mol. The molecule has 1 N–H and O–H groups in total. The van der Waals surface area contributed by atoms with E-state index in [1.54, 1.807) is 28.7 Å². The molecule has 2 nitrogen and oxygen atoms in total. The number of thiophene rings is 1. The highest BCUT2D eigenvalue weighted by molar-refractivity contribution is 7.19. The first-order valence-electron chi connectivity index (χ1n) is 6.57. The van der Waals surface area contributed by atoms with Gasteiger partial charge in [0, 0.05) is 33.6 Å². The van der Waals surface area contributed by atoms with Crippen LogP contribution >= 0.6 is 22.7 Å². The van der Waals surface area contributed by atoms with Crippen LogP contribution in [-0.2, 0) is 6.42 Å². The number of nitrogens with zero attached hydrogens (tertiary/aromatic N) is 1. The highest BCUT2D eigenvalue weighted by atomic mass is 32.1. The number of nitrogens with one attached hydrogen (secondary N) is 1. The third-order valence-corrected chi connectivity index (χ3v) is 5.17. The topological polar surface area (TPSA) is 24.9 Å². The van der Waals surface area contributed by atoms with Crippen molar-refractivity contribution in [3.05, 3.63) is 51.5 Å². The minimum Gasteiger partial charge on any atom is -0.309 e. The molecule has 2 aromatic heterocycles. The molecule has 0 spiro atoms. The van der Waals surface area contributed by atoms with E-state index in [1.165, 1.54) is 10.9 Å². The molecule has 0 saturated heterocycles. The summed E-state index contributed by atoms with van der Waals surface area (Å²) in [6.07, 6.45) is 2.71. The second-order valence-electron chi connectivity index (χ2n) is 4.57. The first-order chi connectivity index (χ1) is 9.76. The summed E-state index contributed by atoms with van der Waals surface area (Å²) in [4.78, 5) is 5.59. The molecule has 104 valence electrons. The van der Waals surface area contributed by atoms with Crippen molar-refractivity contribution in [2.75, 3.05) is 6.54 Å². The Kier molecular flexibility index (Phi) is 4.10. The minimum absolute atomic E-state index is 0.175. The highest BCUT2D eigenvalue weighted by Gasteiger charge is 2.15. The molecule has 0 aliphatic rings. The maximum atomic E-state index is 13.3. The number of halogens is 1. The first-order valence-corrected chi connectivity index (χ1v) is 8.26. The Hall–Kier alpha value is -1.30. The van der Waals surface area contributed by atoms with E-state index in [2.05, 4.69) is 23.3 Å². The molecule has 1 atom stereocenters. The zero-order valence-electron chi connectivity index (χ0n) is 11.1. The summed E-state index contributed by atoms with van der Waals surface area (Å²) in [5.41, 5.74) is 0. The van der Waals surface area contributed by atoms with E-state index in [0.29, 0.717) is 0 Å². The van der Waals surface area contributed by atoms with E-state index in [-0.39, 0.29) is 11.9 Å². The lowest BCUT2D eigenvalue weighted by molar-refractivity contribution is 0.557. The van der Waals surface area contributed by atoms with E-state index in [0.717, 1.165) is 28.1 Å². The van der Waals surface area contributed by atoms with Crippen molar-refractivity contribution in [3.8, 4) is 0 Å². The lowest BCUT2D eigenvalue weighted by Crippen LogP contribution is -2.21. The van der Waals surface area contributed by atoms with Gasteiger partial charge in [0.05, 0.1) is 5.01 Å². The van der Waals surface area contributed by atoms with E-state index in [1.807, 2.05) is 17.6 Å². The van der Waals surface area contributed by atoms with Gasteiger partial charge in [0.15, 0.2) is 0 Å². The molecule has 5 heteroatoms. The van der Waals surface area contributed by atoms with Gasteiger partial charge >= 0.3 is 0 Å². The van der Waals surface area contributed by atoms with Gasteiger partial charge in [0.2, 0.25) is 0 Å². The van der Waals surface area contributed by atoms with Crippen molar-refractivity contribution in [1.82, 2.24) is 10.3 Å². The number of hydrogen-bond acceptors (Lipinski definition) is 4. The van der Waals surface area contributed by atoms with Crippen LogP contribution in [-0.4, -0.2) is 11.5 Å². The first kappa shape index (κ1) is 13.7. The van der Waals surface area contributed by atoms with Gasteiger partial charge in [-0.25, -0.2) is 9.37 Å². The van der Waals surface area contributed by atoms with Crippen LogP contribution < -0.4 is 5.32 Å². The number of benzene rings is 1. The Morgan fingerprint density at radius 1 is 1.35 bits per heavy atom. The zero-order chi connectivity index (χ0) is 13.9. The van der Waals surface area contributed by atoms with Crippen molar-refractivity contribution < 1.29 is 4.39 Å². The summed E-state index contributed by atoms with van der Waals surface area (Å²) in [5, 5.41) is 7.72. The van der Waals surface area contributed by atoms with Crippen LogP contribution in [0.5, 0.6) is 0 Å². The molecule has 0 aliphatic heterocycles. The van der Waals surface area contributed by atoms with Crippen LogP contribution in [0.25, 0.3) is 10.1 Å². The van der Waals surface area contributed by atoms with Gasteiger partial charge < -0.3 is 5.32 Å². The molecular weight excluding hydrogens is 291 g/mol. The van der Waals surface area contributed by atoms with Gasteiger partial charge in [0.25, 0.3) is 0 Å². The average Bonchev–Trinajstić information content (AvgIpc) is 3.06. The number of rotatable bonds is 5. The average molecular weight is 306 g/mol. The Labute approximate surface area is 125 Å². The largest absolute Gasteiger partial charge is 0.309 e. The fourth-order valence-electron chi connectivity index (χ4n) is 2.25. The standard InChI is InChI=1S/C15H15FN2S2/c1-2-17-12(9-15-18-5-6-19-15)14-7-10-3-4-11(16)8-13(10)20-14/h3-8,12,17H,2,9H2,1H3. The molecule has 0 aliphatic carbocycles. The quantitative estimate of drug-likeness (QED) is 0.756. The van der Waals surface area contributed by atoms with Crippen molar-refractivity contribution in [2.45, 2.75) is 19.4 Å². The molecule has 1 unspecified atom stereocenters. The summed E-state index contributed by atoms with van der Waals surface area (Å²) in [6, 6.07) is 7.36. The van der Waals surface area contributed by atoms with Crippen LogP contribution in [0.2, 0.25) is 0 Å². The number of likely N-dealkylation sites (N-methyl/N-ethyl adjacent to an activating group) is 1. The van der Waals surface area contributed by atoms with E-state index >= 15 is 0 Å². The predicted octanol–water partition coefficient (Wildman–Crippen LogP) is 4.39. The van der Waals surface area contributed by atoms with Crippen molar-refractivity contribution in [2.24, 2.45) is 0 Å². The summed E-state index contributed by atoms with van der Waals surface area (Å²) < 4.78 is 14.3. The van der Waals surface area contributed by atoms with Crippen molar-refractivity contribution in [3.63, 3.8) is 0 Å². The van der Waals surface area contributed by atoms with Crippen molar-refractivity contribution >= 4 is 32.8 Å². The Balaban J connectivity index is 1.92. The van der Waals surface area contributed by atoms with Crippen LogP contribution in [0.1, 0.15) is 22.9 Å². The van der Waals surface area contributed by atoms with Gasteiger partial charge in [-0.05, 0) is 30.1 Å². The number of fused-ring (bicyclic) bond motifs is 1. The van der Waals surface area contributed by atoms with Crippen LogP contribution in [0, 0.1) is 5.82 Å². The third kappa shape index (κ3) is 2.90. The molecule has 2 heterocycles. The van der Waals surface area contributed by atoms with Gasteiger partial charge in [-0.15, -0.1) is 22.7 Å². The fraction of sp³-hybridized carbons (Fsp3) is 0.267. The molecule has 0 bridgehead atoms. The van der Waals surface area contributed by atoms with E-state index in [9.17, 15) is 4.39 Å². The number of thiazole rings is 1. The lowest BCUT2D eigenvalue weighted by Gasteiger charge is -2.14. The molecule has 0 fully saturated rings. The van der Waals surface area contributed by atoms with E-state index < -0.39 is 0 Å². The summed E-state index contributed by atoms with van der Waals surface area (Å²) in [5.74, 6) is -0.175. The Morgan fingerprint density at radius 3 is 3.00 bits per heavy atom. The number of aromatic nitrogens is 1. The van der Waals surface area contributed by atoms with Gasteiger partial charge in [-0.2, -0.15) is 0 Å². The molecule has 1 aromatic carbocycles. The summed E-state index contributed by atoms with van der Waals surface area (Å²) in [6.45, 7) is 3.00. The Morgan fingerprint density at radius 2 is 2.25 bits per heavy atom. The normalized spacial score (nSPS) is 12.9. The minimum atomic E-state index is -0.175. The van der Waals surface area contributed by atoms with Crippen molar-refractivity contribution in [1.29, 1.82) is 0 Å². The zero-order valence-corrected chi connectivity index (χ0v) is 12.7. The van der Waals surface area contributed by atoms with Crippen LogP contribution in [0.4, 0.5) is 4.39 Å². The summed E-state index contributed by atoms with van der Waals surface area (Å²) in [7, 11) is 0. The SMILES string of the molecule is CCNC(Cc1nccs1)c1cc2ccc(F)cc2s1. The molecule has 0 saturated carbocycles. The van der Waals surface area contributed by atoms with E-state index in [4.69, 9.17) is 0 Å². The second kappa shape index (κ2) is 5.99. The number of hydrogen-bond donors (Lipinski definition) is 1. The van der Waals surface area contributed by atoms with Crippen LogP contribution in [0.15, 0.2) is 35.8 Å². The molecule has 0 radical (unpaired) electrons. The third-order valence-electron chi connectivity index (χ3n) is 3.16. The highest BCUT2D eigenvalue weighted by Crippen LogP contribution is 2.32. The maximum absolute atomic E-state index is 13.3.